The predicted octanol–water partition coefficient (Wildman–Crippen LogP) is 0.177. The Bertz CT molecular complexity index is 303. The molecule has 1 aromatic rings. The van der Waals surface area contributed by atoms with E-state index in [4.69, 9.17) is 15.7 Å². The molecule has 0 aliphatic rings. The summed E-state index contributed by atoms with van der Waals surface area (Å²) in [5, 5.41) is 12.1. The van der Waals surface area contributed by atoms with Gasteiger partial charge in [-0.25, -0.2) is 10.8 Å². The first-order valence-corrected chi connectivity index (χ1v) is 5.09. The number of methoxy groups -OCH3 is 1. The largest absolute Gasteiger partial charge is 0.396 e. The van der Waals surface area contributed by atoms with Crippen LogP contribution in [0.15, 0.2) is 18.3 Å². The number of nitrogens with two attached hydrogens (primary N) is 1. The van der Waals surface area contributed by atoms with Crippen LogP contribution >= 0.6 is 0 Å². The van der Waals surface area contributed by atoms with Gasteiger partial charge in [0, 0.05) is 31.7 Å². The Labute approximate surface area is 94.8 Å². The van der Waals surface area contributed by atoms with Gasteiger partial charge in [0.05, 0.1) is 12.6 Å². The van der Waals surface area contributed by atoms with Gasteiger partial charge in [0.25, 0.3) is 0 Å². The summed E-state index contributed by atoms with van der Waals surface area (Å²) in [5.41, 5.74) is 3.36. The summed E-state index contributed by atoms with van der Waals surface area (Å²) in [4.78, 5) is 4.00. The number of pyridine rings is 1. The van der Waals surface area contributed by atoms with Gasteiger partial charge in [0.2, 0.25) is 0 Å². The Morgan fingerprint density at radius 2 is 2.44 bits per heavy atom. The van der Waals surface area contributed by atoms with Crippen molar-refractivity contribution < 1.29 is 9.84 Å². The van der Waals surface area contributed by atoms with E-state index in [0.29, 0.717) is 18.8 Å². The Kier molecular flexibility index (Phi) is 5.55. The zero-order chi connectivity index (χ0) is 11.8. The molecule has 1 unspecified atom stereocenters. The second kappa shape index (κ2) is 7.00. The highest BCUT2D eigenvalue weighted by Gasteiger charge is 2.07. The van der Waals surface area contributed by atoms with Gasteiger partial charge in [-0.15, -0.1) is 0 Å². The molecule has 1 atom stereocenters. The first-order chi connectivity index (χ1) is 7.80. The van der Waals surface area contributed by atoms with E-state index in [2.05, 4.69) is 15.7 Å². The molecule has 0 aromatic carbocycles. The number of aliphatic hydroxyl groups is 1. The Morgan fingerprint density at radius 3 is 3.06 bits per heavy atom. The molecule has 6 nitrogen and oxygen atoms in total. The standard InChI is InChI=1S/C10H18N4O2/c1-16-7-9(3-5-15)13-8-2-4-12-10(6-8)14-11/h2,4,6,9,15H,3,5,7,11H2,1H3,(H2,12,13,14). The van der Waals surface area contributed by atoms with Crippen molar-refractivity contribution in [1.82, 2.24) is 4.98 Å². The fraction of sp³-hybridized carbons (Fsp3) is 0.500. The first-order valence-electron chi connectivity index (χ1n) is 5.09. The van der Waals surface area contributed by atoms with Gasteiger partial charge in [-0.1, -0.05) is 0 Å². The van der Waals surface area contributed by atoms with Gasteiger partial charge in [-0.05, 0) is 12.5 Å². The predicted molar refractivity (Wildman–Crippen MR) is 63.0 cm³/mol. The van der Waals surface area contributed by atoms with Crippen LogP contribution in [-0.2, 0) is 4.74 Å². The second-order valence-electron chi connectivity index (χ2n) is 3.38. The van der Waals surface area contributed by atoms with E-state index >= 15 is 0 Å². The fourth-order valence-corrected chi connectivity index (χ4v) is 1.39. The molecule has 90 valence electrons. The summed E-state index contributed by atoms with van der Waals surface area (Å²) in [7, 11) is 1.63. The number of aromatic nitrogens is 1. The molecular formula is C10H18N4O2. The molecule has 1 aromatic heterocycles. The van der Waals surface area contributed by atoms with Crippen LogP contribution in [0.5, 0.6) is 0 Å². The van der Waals surface area contributed by atoms with Crippen LogP contribution in [0.2, 0.25) is 0 Å². The van der Waals surface area contributed by atoms with Gasteiger partial charge in [0.1, 0.15) is 5.82 Å². The monoisotopic (exact) mass is 226 g/mol. The number of nitrogens with one attached hydrogen (secondary N) is 2. The van der Waals surface area contributed by atoms with Crippen LogP contribution in [-0.4, -0.2) is 36.5 Å². The number of nitrogen functional groups attached to an aromatic ring is 1. The minimum absolute atomic E-state index is 0.0722. The van der Waals surface area contributed by atoms with Crippen molar-refractivity contribution in [3.8, 4) is 0 Å². The third-order valence-corrected chi connectivity index (χ3v) is 2.12. The smallest absolute Gasteiger partial charge is 0.141 e. The van der Waals surface area contributed by atoms with Crippen LogP contribution in [0.1, 0.15) is 6.42 Å². The van der Waals surface area contributed by atoms with E-state index in [-0.39, 0.29) is 12.6 Å². The van der Waals surface area contributed by atoms with Crippen molar-refractivity contribution in [3.63, 3.8) is 0 Å². The molecule has 5 N–H and O–H groups in total. The highest BCUT2D eigenvalue weighted by Crippen LogP contribution is 2.13. The molecule has 0 saturated carbocycles. The number of anilines is 2. The van der Waals surface area contributed by atoms with Crippen molar-refractivity contribution in [2.24, 2.45) is 5.84 Å². The summed E-state index contributed by atoms with van der Waals surface area (Å²) >= 11 is 0. The first kappa shape index (κ1) is 12.7. The van der Waals surface area contributed by atoms with E-state index in [9.17, 15) is 0 Å². The lowest BCUT2D eigenvalue weighted by Crippen LogP contribution is -2.26. The molecule has 0 amide bonds. The quantitative estimate of drug-likeness (QED) is 0.391. The van der Waals surface area contributed by atoms with Crippen LogP contribution in [0, 0.1) is 0 Å². The van der Waals surface area contributed by atoms with Gasteiger partial charge < -0.3 is 20.6 Å². The number of hydrazine groups is 1. The number of rotatable bonds is 7. The van der Waals surface area contributed by atoms with E-state index < -0.39 is 0 Å². The van der Waals surface area contributed by atoms with Crippen molar-refractivity contribution in [3.05, 3.63) is 18.3 Å². The normalized spacial score (nSPS) is 12.2. The molecule has 6 heteroatoms. The molecule has 0 fully saturated rings. The number of hydrogen-bond acceptors (Lipinski definition) is 6. The lowest BCUT2D eigenvalue weighted by Gasteiger charge is -2.18. The zero-order valence-corrected chi connectivity index (χ0v) is 9.31. The van der Waals surface area contributed by atoms with E-state index in [1.54, 1.807) is 19.4 Å². The van der Waals surface area contributed by atoms with Crippen LogP contribution in [0.3, 0.4) is 0 Å². The highest BCUT2D eigenvalue weighted by atomic mass is 16.5. The minimum atomic E-state index is 0.0722. The third kappa shape index (κ3) is 4.01. The summed E-state index contributed by atoms with van der Waals surface area (Å²) < 4.78 is 5.06. The van der Waals surface area contributed by atoms with E-state index in [1.165, 1.54) is 0 Å². The Balaban J connectivity index is 2.60. The van der Waals surface area contributed by atoms with E-state index in [1.807, 2.05) is 6.07 Å². The Hall–Kier alpha value is -1.37. The van der Waals surface area contributed by atoms with Crippen molar-refractivity contribution >= 4 is 11.5 Å². The minimum Gasteiger partial charge on any atom is -0.396 e. The van der Waals surface area contributed by atoms with Crippen LogP contribution < -0.4 is 16.6 Å². The maximum absolute atomic E-state index is 8.90. The molecule has 0 radical (unpaired) electrons. The zero-order valence-electron chi connectivity index (χ0n) is 9.31. The van der Waals surface area contributed by atoms with Crippen LogP contribution in [0.4, 0.5) is 11.5 Å². The van der Waals surface area contributed by atoms with Crippen molar-refractivity contribution in [2.45, 2.75) is 12.5 Å². The molecular weight excluding hydrogens is 208 g/mol. The highest BCUT2D eigenvalue weighted by molar-refractivity contribution is 5.51. The number of hydrogen-bond donors (Lipinski definition) is 4. The topological polar surface area (TPSA) is 92.4 Å². The SMILES string of the molecule is COCC(CCO)Nc1ccnc(NN)c1. The average molecular weight is 226 g/mol. The van der Waals surface area contributed by atoms with Gasteiger partial charge >= 0.3 is 0 Å². The summed E-state index contributed by atoms with van der Waals surface area (Å²) in [6.45, 7) is 0.655. The second-order valence-corrected chi connectivity index (χ2v) is 3.38. The fourth-order valence-electron chi connectivity index (χ4n) is 1.39. The molecule has 0 aliphatic carbocycles. The molecule has 1 rings (SSSR count). The summed E-state index contributed by atoms with van der Waals surface area (Å²) in [5.74, 6) is 5.85. The van der Waals surface area contributed by atoms with Crippen LogP contribution in [0.25, 0.3) is 0 Å². The average Bonchev–Trinajstić information content (AvgIpc) is 2.30. The number of nitrogens with zero attached hydrogens (tertiary/aromatic N) is 1. The summed E-state index contributed by atoms with van der Waals surface area (Å²) in [6, 6.07) is 3.70. The molecule has 0 saturated heterocycles. The van der Waals surface area contributed by atoms with Gasteiger partial charge in [-0.3, -0.25) is 0 Å². The number of ether oxygens (including phenoxy) is 1. The molecule has 0 spiro atoms. The molecule has 0 bridgehead atoms. The van der Waals surface area contributed by atoms with Gasteiger partial charge in [-0.2, -0.15) is 0 Å². The molecule has 16 heavy (non-hydrogen) atoms. The van der Waals surface area contributed by atoms with E-state index in [0.717, 1.165) is 5.69 Å². The maximum Gasteiger partial charge on any atom is 0.141 e. The Morgan fingerprint density at radius 1 is 1.62 bits per heavy atom. The lowest BCUT2D eigenvalue weighted by atomic mass is 10.2. The lowest BCUT2D eigenvalue weighted by molar-refractivity contribution is 0.170. The van der Waals surface area contributed by atoms with Gasteiger partial charge in [0.15, 0.2) is 0 Å². The van der Waals surface area contributed by atoms with Crippen molar-refractivity contribution in [1.29, 1.82) is 0 Å². The van der Waals surface area contributed by atoms with Crippen molar-refractivity contribution in [2.75, 3.05) is 31.1 Å². The summed E-state index contributed by atoms with van der Waals surface area (Å²) in [6.07, 6.45) is 2.28. The molecule has 0 aliphatic heterocycles. The molecule has 1 heterocycles. The maximum atomic E-state index is 8.90. The third-order valence-electron chi connectivity index (χ3n) is 2.12. The number of aliphatic hydroxyl groups excluding tert-OH is 1.